The van der Waals surface area contributed by atoms with Crippen molar-refractivity contribution in [1.29, 1.82) is 0 Å². The van der Waals surface area contributed by atoms with E-state index in [1.807, 2.05) is 4.57 Å². The van der Waals surface area contributed by atoms with E-state index in [0.29, 0.717) is 29.5 Å². The van der Waals surface area contributed by atoms with Gasteiger partial charge >= 0.3 is 0 Å². The van der Waals surface area contributed by atoms with Gasteiger partial charge in [0.25, 0.3) is 0 Å². The lowest BCUT2D eigenvalue weighted by Gasteiger charge is -2.06. The van der Waals surface area contributed by atoms with Gasteiger partial charge in [0.1, 0.15) is 17.3 Å². The number of aromatic nitrogens is 2. The van der Waals surface area contributed by atoms with Crippen LogP contribution >= 0.6 is 0 Å². The van der Waals surface area contributed by atoms with E-state index in [0.717, 1.165) is 30.8 Å². The fourth-order valence-corrected chi connectivity index (χ4v) is 2.31. The lowest BCUT2D eigenvalue weighted by Crippen LogP contribution is -2.05. The van der Waals surface area contributed by atoms with Crippen molar-refractivity contribution in [2.75, 3.05) is 5.73 Å². The smallest absolute Gasteiger partial charge is 0.159 e. The van der Waals surface area contributed by atoms with Crippen LogP contribution in [-0.2, 0) is 6.54 Å². The van der Waals surface area contributed by atoms with E-state index >= 15 is 0 Å². The number of hydrogen-bond acceptors (Lipinski definition) is 2. The largest absolute Gasteiger partial charge is 0.383 e. The zero-order valence-electron chi connectivity index (χ0n) is 10.9. The number of anilines is 1. The Labute approximate surface area is 115 Å². The first-order valence-electron chi connectivity index (χ1n) is 6.54. The fourth-order valence-electron chi connectivity index (χ4n) is 2.31. The van der Waals surface area contributed by atoms with E-state index in [1.54, 1.807) is 6.08 Å². The lowest BCUT2D eigenvalue weighted by molar-refractivity contribution is 0.509. The van der Waals surface area contributed by atoms with Gasteiger partial charge in [-0.05, 0) is 31.0 Å². The summed E-state index contributed by atoms with van der Waals surface area (Å²) in [6, 6.07) is 3.71. The number of halogens is 2. The summed E-state index contributed by atoms with van der Waals surface area (Å²) in [5, 5.41) is 0. The van der Waals surface area contributed by atoms with Crippen molar-refractivity contribution in [3.05, 3.63) is 48.3 Å². The molecule has 3 nitrogen and oxygen atoms in total. The number of allylic oxidation sites excluding steroid dienone is 1. The Bertz CT molecular complexity index is 672. The van der Waals surface area contributed by atoms with Crippen LogP contribution in [0.3, 0.4) is 0 Å². The van der Waals surface area contributed by atoms with Crippen molar-refractivity contribution >= 4 is 5.82 Å². The molecular weight excluding hydrogens is 260 g/mol. The number of nitrogens with zero attached hydrogens (tertiary/aromatic N) is 2. The average Bonchev–Trinajstić information content (AvgIpc) is 3.21. The van der Waals surface area contributed by atoms with Gasteiger partial charge in [0.05, 0.1) is 0 Å². The maximum absolute atomic E-state index is 13.4. The number of nitrogen functional groups attached to an aromatic ring is 1. The summed E-state index contributed by atoms with van der Waals surface area (Å²) in [5.74, 6) is 0.0182. The van der Waals surface area contributed by atoms with Crippen molar-refractivity contribution in [2.24, 2.45) is 0 Å². The monoisotopic (exact) mass is 275 g/mol. The summed E-state index contributed by atoms with van der Waals surface area (Å²) in [6.07, 6.45) is 3.93. The van der Waals surface area contributed by atoms with E-state index in [1.165, 1.54) is 6.07 Å². The van der Waals surface area contributed by atoms with Gasteiger partial charge in [-0.2, -0.15) is 0 Å². The summed E-state index contributed by atoms with van der Waals surface area (Å²) in [5.41, 5.74) is 7.11. The molecule has 0 aliphatic heterocycles. The summed E-state index contributed by atoms with van der Waals surface area (Å²) in [6.45, 7) is 4.28. The summed E-state index contributed by atoms with van der Waals surface area (Å²) in [4.78, 5) is 4.53. The van der Waals surface area contributed by atoms with Gasteiger partial charge in [-0.25, -0.2) is 13.8 Å². The van der Waals surface area contributed by atoms with Gasteiger partial charge in [0, 0.05) is 18.0 Å². The minimum Gasteiger partial charge on any atom is -0.383 e. The first-order chi connectivity index (χ1) is 9.61. The van der Waals surface area contributed by atoms with Gasteiger partial charge in [-0.15, -0.1) is 6.58 Å². The molecule has 0 unspecified atom stereocenters. The Morgan fingerprint density at radius 2 is 2.10 bits per heavy atom. The lowest BCUT2D eigenvalue weighted by atomic mass is 10.1. The molecule has 1 aliphatic rings. The Balaban J connectivity index is 2.10. The molecule has 5 heteroatoms. The third-order valence-corrected chi connectivity index (χ3v) is 3.48. The number of nitrogens with two attached hydrogens (primary N) is 1. The van der Waals surface area contributed by atoms with Crippen molar-refractivity contribution in [1.82, 2.24) is 9.55 Å². The maximum atomic E-state index is 13.4. The molecular formula is C15H15F2N3. The molecule has 1 saturated carbocycles. The minimum absolute atomic E-state index is 0.413. The molecule has 0 bridgehead atoms. The second-order valence-electron chi connectivity index (χ2n) is 5.01. The molecule has 3 rings (SSSR count). The van der Waals surface area contributed by atoms with E-state index in [4.69, 9.17) is 5.73 Å². The number of benzene rings is 1. The van der Waals surface area contributed by atoms with E-state index in [9.17, 15) is 8.78 Å². The highest BCUT2D eigenvalue weighted by Crippen LogP contribution is 2.42. The van der Waals surface area contributed by atoms with Gasteiger partial charge in [-0.3, -0.25) is 0 Å². The highest BCUT2D eigenvalue weighted by Gasteiger charge is 2.30. The molecule has 2 aromatic rings. The molecule has 20 heavy (non-hydrogen) atoms. The van der Waals surface area contributed by atoms with Gasteiger partial charge in [0.2, 0.25) is 0 Å². The van der Waals surface area contributed by atoms with E-state index < -0.39 is 11.6 Å². The second-order valence-corrected chi connectivity index (χ2v) is 5.01. The Morgan fingerprint density at radius 1 is 1.35 bits per heavy atom. The Morgan fingerprint density at radius 3 is 2.70 bits per heavy atom. The van der Waals surface area contributed by atoms with Crippen molar-refractivity contribution in [3.63, 3.8) is 0 Å². The van der Waals surface area contributed by atoms with Crippen molar-refractivity contribution in [3.8, 4) is 11.3 Å². The van der Waals surface area contributed by atoms with E-state index in [2.05, 4.69) is 11.6 Å². The van der Waals surface area contributed by atoms with Crippen LogP contribution in [0.1, 0.15) is 24.6 Å². The summed E-state index contributed by atoms with van der Waals surface area (Å²) < 4.78 is 28.3. The molecule has 1 aliphatic carbocycles. The molecule has 1 aromatic carbocycles. The molecule has 1 heterocycles. The highest BCUT2D eigenvalue weighted by atomic mass is 19.2. The fraction of sp³-hybridized carbons (Fsp3) is 0.267. The molecule has 1 fully saturated rings. The standard InChI is InChI=1S/C15H15F2N3/c1-2-7-20-14(18)13(19-15(20)9-3-4-9)10-5-6-11(16)12(17)8-10/h2,5-6,8-9H,1,3-4,7,18H2. The van der Waals surface area contributed by atoms with Gasteiger partial charge < -0.3 is 10.3 Å². The summed E-state index contributed by atoms with van der Waals surface area (Å²) in [7, 11) is 0. The Kier molecular flexibility index (Phi) is 3.04. The van der Waals surface area contributed by atoms with Crippen LogP contribution in [0.2, 0.25) is 0 Å². The topological polar surface area (TPSA) is 43.8 Å². The minimum atomic E-state index is -0.895. The maximum Gasteiger partial charge on any atom is 0.159 e. The molecule has 2 N–H and O–H groups in total. The quantitative estimate of drug-likeness (QED) is 0.868. The predicted octanol–water partition coefficient (Wildman–Crippen LogP) is 3.47. The Hall–Kier alpha value is -2.17. The van der Waals surface area contributed by atoms with E-state index in [-0.39, 0.29) is 0 Å². The zero-order chi connectivity index (χ0) is 14.3. The molecule has 0 radical (unpaired) electrons. The molecule has 0 amide bonds. The number of imidazole rings is 1. The zero-order valence-corrected chi connectivity index (χ0v) is 10.9. The third kappa shape index (κ3) is 2.09. The molecule has 0 atom stereocenters. The van der Waals surface area contributed by atoms with Gasteiger partial charge in [-0.1, -0.05) is 6.08 Å². The molecule has 1 aromatic heterocycles. The van der Waals surface area contributed by atoms with Crippen LogP contribution in [0.25, 0.3) is 11.3 Å². The second kappa shape index (κ2) is 4.74. The van der Waals surface area contributed by atoms with Gasteiger partial charge in [0.15, 0.2) is 11.6 Å². The average molecular weight is 275 g/mol. The molecule has 0 saturated heterocycles. The molecule has 0 spiro atoms. The van der Waals surface area contributed by atoms with Crippen molar-refractivity contribution < 1.29 is 8.78 Å². The van der Waals surface area contributed by atoms with Crippen molar-refractivity contribution in [2.45, 2.75) is 25.3 Å². The highest BCUT2D eigenvalue weighted by molar-refractivity contribution is 5.71. The van der Waals surface area contributed by atoms with Crippen LogP contribution in [0.4, 0.5) is 14.6 Å². The number of hydrogen-bond donors (Lipinski definition) is 1. The van der Waals surface area contributed by atoms with Crippen LogP contribution in [-0.4, -0.2) is 9.55 Å². The first-order valence-corrected chi connectivity index (χ1v) is 6.54. The molecule has 104 valence electrons. The van der Waals surface area contributed by atoms with Crippen LogP contribution in [0.5, 0.6) is 0 Å². The normalized spacial score (nSPS) is 14.5. The summed E-state index contributed by atoms with van der Waals surface area (Å²) >= 11 is 0. The first kappa shape index (κ1) is 12.8. The third-order valence-electron chi connectivity index (χ3n) is 3.48. The van der Waals surface area contributed by atoms with Crippen LogP contribution < -0.4 is 5.73 Å². The predicted molar refractivity (Wildman–Crippen MR) is 74.2 cm³/mol. The SMILES string of the molecule is C=CCn1c(C2CC2)nc(-c2ccc(F)c(F)c2)c1N. The van der Waals surface area contributed by atoms with Crippen LogP contribution in [0, 0.1) is 11.6 Å². The number of rotatable bonds is 4. The van der Waals surface area contributed by atoms with Crippen LogP contribution in [0.15, 0.2) is 30.9 Å².